The Morgan fingerprint density at radius 3 is 3.07 bits per heavy atom. The van der Waals surface area contributed by atoms with Gasteiger partial charge in [0.15, 0.2) is 11.6 Å². The summed E-state index contributed by atoms with van der Waals surface area (Å²) in [6, 6.07) is 0. The Morgan fingerprint density at radius 1 is 1.67 bits per heavy atom. The van der Waals surface area contributed by atoms with Crippen molar-refractivity contribution in [2.24, 2.45) is 0 Å². The number of halogens is 1. The average molecular weight is 232 g/mol. The minimum atomic E-state index is -0.872. The van der Waals surface area contributed by atoms with Crippen molar-refractivity contribution in [3.63, 3.8) is 0 Å². The summed E-state index contributed by atoms with van der Waals surface area (Å²) in [7, 11) is -0.872. The van der Waals surface area contributed by atoms with Crippen molar-refractivity contribution < 1.29 is 8.60 Å². The number of nitrogen functional groups attached to an aromatic ring is 1. The van der Waals surface area contributed by atoms with Gasteiger partial charge in [-0.1, -0.05) is 6.92 Å². The van der Waals surface area contributed by atoms with Crippen molar-refractivity contribution in [3.05, 3.63) is 12.0 Å². The Hall–Kier alpha value is -1.24. The fourth-order valence-electron chi connectivity index (χ4n) is 0.932. The molecular formula is C8H13FN4OS. The van der Waals surface area contributed by atoms with Gasteiger partial charge >= 0.3 is 0 Å². The van der Waals surface area contributed by atoms with E-state index in [0.717, 1.165) is 6.20 Å². The molecule has 0 fully saturated rings. The van der Waals surface area contributed by atoms with E-state index in [1.807, 2.05) is 6.92 Å². The molecule has 0 aliphatic heterocycles. The van der Waals surface area contributed by atoms with Gasteiger partial charge in [-0.15, -0.1) is 0 Å². The Bertz CT molecular complexity index is 360. The second-order valence-corrected chi connectivity index (χ2v) is 4.65. The number of nitrogens with one attached hydrogen (secondary N) is 1. The molecule has 1 aromatic rings. The quantitative estimate of drug-likeness (QED) is 0.767. The molecule has 0 aliphatic rings. The standard InChI is InChI=1S/C8H13FN4OS/c1-2-15(14)4-3-11-7-6(9)5-12-8(10)13-7/h5H,2-4H2,1H3,(H3,10,11,12,13). The Balaban J connectivity index is 2.50. The Kier molecular flexibility index (Phi) is 4.41. The van der Waals surface area contributed by atoms with Crippen LogP contribution in [-0.2, 0) is 10.8 Å². The predicted octanol–water partition coefficient (Wildman–Crippen LogP) is 0.378. The van der Waals surface area contributed by atoms with Crippen LogP contribution in [0.3, 0.4) is 0 Å². The zero-order chi connectivity index (χ0) is 11.3. The van der Waals surface area contributed by atoms with Gasteiger partial charge in [0.25, 0.3) is 0 Å². The molecule has 3 N–H and O–H groups in total. The molecule has 7 heteroatoms. The van der Waals surface area contributed by atoms with E-state index in [4.69, 9.17) is 5.73 Å². The van der Waals surface area contributed by atoms with Gasteiger partial charge in [-0.2, -0.15) is 4.98 Å². The number of nitrogens with zero attached hydrogens (tertiary/aromatic N) is 2. The highest BCUT2D eigenvalue weighted by molar-refractivity contribution is 7.84. The van der Waals surface area contributed by atoms with Gasteiger partial charge in [-0.25, -0.2) is 9.37 Å². The van der Waals surface area contributed by atoms with E-state index in [-0.39, 0.29) is 11.8 Å². The predicted molar refractivity (Wildman–Crippen MR) is 58.4 cm³/mol. The van der Waals surface area contributed by atoms with Crippen LogP contribution in [0.25, 0.3) is 0 Å². The summed E-state index contributed by atoms with van der Waals surface area (Å²) in [6.45, 7) is 2.23. The minimum absolute atomic E-state index is 0.00974. The number of aromatic nitrogens is 2. The van der Waals surface area contributed by atoms with E-state index < -0.39 is 16.6 Å². The van der Waals surface area contributed by atoms with Crippen molar-refractivity contribution in [1.82, 2.24) is 9.97 Å². The van der Waals surface area contributed by atoms with Crippen LogP contribution in [-0.4, -0.2) is 32.2 Å². The van der Waals surface area contributed by atoms with Gasteiger partial charge in [-0.05, 0) is 0 Å². The SMILES string of the molecule is CCS(=O)CCNc1nc(N)ncc1F. The molecule has 1 atom stereocenters. The first-order valence-electron chi connectivity index (χ1n) is 4.50. The molecular weight excluding hydrogens is 219 g/mol. The maximum Gasteiger partial charge on any atom is 0.222 e. The van der Waals surface area contributed by atoms with E-state index in [2.05, 4.69) is 15.3 Å². The number of hydrogen-bond donors (Lipinski definition) is 2. The van der Waals surface area contributed by atoms with Crippen molar-refractivity contribution in [2.75, 3.05) is 29.1 Å². The maximum absolute atomic E-state index is 13.1. The number of rotatable bonds is 5. The normalized spacial score (nSPS) is 12.4. The van der Waals surface area contributed by atoms with Crippen LogP contribution < -0.4 is 11.1 Å². The zero-order valence-electron chi connectivity index (χ0n) is 8.36. The summed E-state index contributed by atoms with van der Waals surface area (Å²) in [4.78, 5) is 7.17. The maximum atomic E-state index is 13.1. The number of hydrogen-bond acceptors (Lipinski definition) is 5. The van der Waals surface area contributed by atoms with Gasteiger partial charge in [0.1, 0.15) is 0 Å². The summed E-state index contributed by atoms with van der Waals surface area (Å²) in [5.74, 6) is 0.549. The van der Waals surface area contributed by atoms with Crippen LogP contribution in [0.4, 0.5) is 16.2 Å². The summed E-state index contributed by atoms with van der Waals surface area (Å²) in [6.07, 6.45) is 1.00. The van der Waals surface area contributed by atoms with E-state index >= 15 is 0 Å². The summed E-state index contributed by atoms with van der Waals surface area (Å²) < 4.78 is 24.1. The fraction of sp³-hybridized carbons (Fsp3) is 0.500. The molecule has 1 aromatic heterocycles. The molecule has 84 valence electrons. The van der Waals surface area contributed by atoms with E-state index in [1.165, 1.54) is 0 Å². The van der Waals surface area contributed by atoms with E-state index in [1.54, 1.807) is 0 Å². The van der Waals surface area contributed by atoms with Crippen molar-refractivity contribution in [1.29, 1.82) is 0 Å². The molecule has 0 radical (unpaired) electrons. The molecule has 0 spiro atoms. The first-order valence-corrected chi connectivity index (χ1v) is 5.99. The van der Waals surface area contributed by atoms with Crippen LogP contribution in [0.5, 0.6) is 0 Å². The molecule has 0 amide bonds. The first-order chi connectivity index (χ1) is 7.13. The molecule has 0 bridgehead atoms. The third kappa shape index (κ3) is 3.78. The van der Waals surface area contributed by atoms with E-state index in [0.29, 0.717) is 18.1 Å². The van der Waals surface area contributed by atoms with Crippen LogP contribution >= 0.6 is 0 Å². The third-order valence-corrected chi connectivity index (χ3v) is 3.01. The van der Waals surface area contributed by atoms with Crippen molar-refractivity contribution >= 4 is 22.6 Å². The fourth-order valence-corrected chi connectivity index (χ4v) is 1.55. The molecule has 1 rings (SSSR count). The van der Waals surface area contributed by atoms with Crippen molar-refractivity contribution in [2.45, 2.75) is 6.92 Å². The highest BCUT2D eigenvalue weighted by Gasteiger charge is 2.04. The topological polar surface area (TPSA) is 80.9 Å². The van der Waals surface area contributed by atoms with Crippen LogP contribution in [0.15, 0.2) is 6.20 Å². The number of nitrogens with two attached hydrogens (primary N) is 1. The lowest BCUT2D eigenvalue weighted by atomic mass is 10.5. The highest BCUT2D eigenvalue weighted by Crippen LogP contribution is 2.09. The van der Waals surface area contributed by atoms with Gasteiger partial charge in [0, 0.05) is 28.9 Å². The molecule has 0 saturated carbocycles. The monoisotopic (exact) mass is 232 g/mol. The summed E-state index contributed by atoms with van der Waals surface area (Å²) >= 11 is 0. The molecule has 5 nitrogen and oxygen atoms in total. The lowest BCUT2D eigenvalue weighted by Crippen LogP contribution is -2.14. The molecule has 0 saturated heterocycles. The zero-order valence-corrected chi connectivity index (χ0v) is 9.18. The van der Waals surface area contributed by atoms with Crippen LogP contribution in [0.1, 0.15) is 6.92 Å². The molecule has 1 unspecified atom stereocenters. The van der Waals surface area contributed by atoms with Gasteiger partial charge in [0.2, 0.25) is 5.95 Å². The minimum Gasteiger partial charge on any atom is -0.368 e. The van der Waals surface area contributed by atoms with Gasteiger partial charge in [0.05, 0.1) is 6.20 Å². The molecule has 1 heterocycles. The second kappa shape index (κ2) is 5.59. The second-order valence-electron chi connectivity index (χ2n) is 2.78. The number of anilines is 2. The Labute approximate surface area is 89.8 Å². The van der Waals surface area contributed by atoms with Gasteiger partial charge < -0.3 is 11.1 Å². The van der Waals surface area contributed by atoms with E-state index in [9.17, 15) is 8.60 Å². The molecule has 0 aliphatic carbocycles. The highest BCUT2D eigenvalue weighted by atomic mass is 32.2. The summed E-state index contributed by atoms with van der Waals surface area (Å²) in [5.41, 5.74) is 5.30. The Morgan fingerprint density at radius 2 is 2.40 bits per heavy atom. The van der Waals surface area contributed by atoms with Crippen LogP contribution in [0.2, 0.25) is 0 Å². The smallest absolute Gasteiger partial charge is 0.222 e. The lowest BCUT2D eigenvalue weighted by Gasteiger charge is -2.05. The first kappa shape index (κ1) is 11.8. The average Bonchev–Trinajstić information content (AvgIpc) is 2.23. The molecule has 15 heavy (non-hydrogen) atoms. The lowest BCUT2D eigenvalue weighted by molar-refractivity contribution is 0.618. The van der Waals surface area contributed by atoms with Gasteiger partial charge in [-0.3, -0.25) is 4.21 Å². The van der Waals surface area contributed by atoms with Crippen LogP contribution in [0, 0.1) is 5.82 Å². The van der Waals surface area contributed by atoms with Crippen molar-refractivity contribution in [3.8, 4) is 0 Å². The largest absolute Gasteiger partial charge is 0.368 e. The third-order valence-electron chi connectivity index (χ3n) is 1.71. The molecule has 0 aromatic carbocycles. The summed E-state index contributed by atoms with van der Waals surface area (Å²) in [5, 5.41) is 2.72.